The fourth-order valence-electron chi connectivity index (χ4n) is 4.16. The SMILES string of the molecule is CCN1C2=C(CCCC2)C2CCCCC21. The van der Waals surface area contributed by atoms with Gasteiger partial charge in [0.05, 0.1) is 0 Å². The summed E-state index contributed by atoms with van der Waals surface area (Å²) in [6, 6.07) is 0.909. The van der Waals surface area contributed by atoms with E-state index in [1.165, 1.54) is 57.9 Å². The van der Waals surface area contributed by atoms with E-state index in [0.717, 1.165) is 12.0 Å². The lowest BCUT2D eigenvalue weighted by Crippen LogP contribution is -2.35. The predicted molar refractivity (Wildman–Crippen MR) is 63.6 cm³/mol. The van der Waals surface area contributed by atoms with Crippen LogP contribution in [0.2, 0.25) is 0 Å². The molecule has 0 saturated heterocycles. The third kappa shape index (κ3) is 1.43. The van der Waals surface area contributed by atoms with Crippen LogP contribution in [-0.2, 0) is 0 Å². The van der Waals surface area contributed by atoms with Crippen LogP contribution in [0.4, 0.5) is 0 Å². The molecule has 84 valence electrons. The highest BCUT2D eigenvalue weighted by molar-refractivity contribution is 5.28. The standard InChI is InChI=1S/C14H23N/c1-2-15-13-9-5-3-7-11(13)12-8-4-6-10-14(12)15/h11,13H,2-10H2,1H3. The maximum atomic E-state index is 2.76. The van der Waals surface area contributed by atoms with Gasteiger partial charge in [0.1, 0.15) is 0 Å². The molecule has 0 aromatic heterocycles. The fourth-order valence-corrected chi connectivity index (χ4v) is 4.16. The van der Waals surface area contributed by atoms with Crippen molar-refractivity contribution in [3.05, 3.63) is 11.3 Å². The number of allylic oxidation sites excluding steroid dienone is 1. The summed E-state index contributed by atoms with van der Waals surface area (Å²) in [5, 5.41) is 0. The van der Waals surface area contributed by atoms with Crippen molar-refractivity contribution in [2.24, 2.45) is 5.92 Å². The van der Waals surface area contributed by atoms with Crippen molar-refractivity contribution in [1.82, 2.24) is 4.90 Å². The Balaban J connectivity index is 1.92. The molecule has 3 aliphatic rings. The maximum absolute atomic E-state index is 2.76. The van der Waals surface area contributed by atoms with E-state index in [2.05, 4.69) is 11.8 Å². The minimum Gasteiger partial charge on any atom is -0.372 e. The van der Waals surface area contributed by atoms with E-state index in [1.54, 1.807) is 5.70 Å². The molecule has 0 N–H and O–H groups in total. The molecule has 2 aliphatic carbocycles. The van der Waals surface area contributed by atoms with E-state index in [0.29, 0.717) is 0 Å². The first kappa shape index (κ1) is 9.74. The van der Waals surface area contributed by atoms with E-state index in [4.69, 9.17) is 0 Å². The molecule has 0 bridgehead atoms. The molecule has 1 nitrogen and oxygen atoms in total. The molecule has 0 radical (unpaired) electrons. The van der Waals surface area contributed by atoms with Gasteiger partial charge in [-0.15, -0.1) is 0 Å². The second-order valence-electron chi connectivity index (χ2n) is 5.42. The molecular formula is C14H23N. The zero-order chi connectivity index (χ0) is 10.3. The summed E-state index contributed by atoms with van der Waals surface area (Å²) in [6.07, 6.45) is 11.6. The zero-order valence-corrected chi connectivity index (χ0v) is 9.97. The minimum atomic E-state index is 0.909. The molecule has 1 saturated carbocycles. The molecule has 1 heterocycles. The molecule has 1 aliphatic heterocycles. The largest absolute Gasteiger partial charge is 0.372 e. The Labute approximate surface area is 93.5 Å². The van der Waals surface area contributed by atoms with Gasteiger partial charge in [0.15, 0.2) is 0 Å². The molecule has 0 aromatic carbocycles. The summed E-state index contributed by atoms with van der Waals surface area (Å²) in [6.45, 7) is 3.59. The fraction of sp³-hybridized carbons (Fsp3) is 0.857. The average Bonchev–Trinajstić information content (AvgIpc) is 2.63. The van der Waals surface area contributed by atoms with Crippen molar-refractivity contribution in [3.8, 4) is 0 Å². The second-order valence-corrected chi connectivity index (χ2v) is 5.42. The monoisotopic (exact) mass is 205 g/mol. The van der Waals surface area contributed by atoms with Gasteiger partial charge in [-0.1, -0.05) is 12.8 Å². The van der Waals surface area contributed by atoms with E-state index < -0.39 is 0 Å². The van der Waals surface area contributed by atoms with Gasteiger partial charge in [-0.05, 0) is 51.0 Å². The second kappa shape index (κ2) is 3.84. The molecule has 15 heavy (non-hydrogen) atoms. The molecule has 3 rings (SSSR count). The Bertz CT molecular complexity index is 261. The summed E-state index contributed by atoms with van der Waals surface area (Å²) in [5.74, 6) is 0.967. The van der Waals surface area contributed by atoms with Gasteiger partial charge in [-0.3, -0.25) is 0 Å². The van der Waals surface area contributed by atoms with Crippen molar-refractivity contribution in [3.63, 3.8) is 0 Å². The number of fused-ring (bicyclic) bond motifs is 2. The lowest BCUT2D eigenvalue weighted by atomic mass is 9.79. The van der Waals surface area contributed by atoms with Crippen molar-refractivity contribution in [2.45, 2.75) is 64.3 Å². The van der Waals surface area contributed by atoms with Crippen LogP contribution in [0.3, 0.4) is 0 Å². The third-order valence-corrected chi connectivity index (χ3v) is 4.75. The normalized spacial score (nSPS) is 35.4. The van der Waals surface area contributed by atoms with Crippen molar-refractivity contribution in [1.29, 1.82) is 0 Å². The highest BCUT2D eigenvalue weighted by atomic mass is 15.2. The van der Waals surface area contributed by atoms with Gasteiger partial charge in [-0.2, -0.15) is 0 Å². The van der Waals surface area contributed by atoms with Crippen molar-refractivity contribution >= 4 is 0 Å². The maximum Gasteiger partial charge on any atom is 0.0352 e. The van der Waals surface area contributed by atoms with Crippen LogP contribution in [0.1, 0.15) is 58.3 Å². The first-order chi connectivity index (χ1) is 7.42. The molecular weight excluding hydrogens is 182 g/mol. The Hall–Kier alpha value is -0.460. The molecule has 1 heteroatoms. The zero-order valence-electron chi connectivity index (χ0n) is 9.97. The average molecular weight is 205 g/mol. The van der Waals surface area contributed by atoms with Crippen LogP contribution >= 0.6 is 0 Å². The summed E-state index contributed by atoms with van der Waals surface area (Å²) >= 11 is 0. The molecule has 2 atom stereocenters. The van der Waals surface area contributed by atoms with Crippen molar-refractivity contribution < 1.29 is 0 Å². The van der Waals surface area contributed by atoms with Gasteiger partial charge in [0.25, 0.3) is 0 Å². The van der Waals surface area contributed by atoms with Gasteiger partial charge >= 0.3 is 0 Å². The van der Waals surface area contributed by atoms with E-state index in [1.807, 2.05) is 5.57 Å². The van der Waals surface area contributed by atoms with Crippen LogP contribution in [0, 0.1) is 5.92 Å². The summed E-state index contributed by atoms with van der Waals surface area (Å²) in [4.78, 5) is 2.76. The van der Waals surface area contributed by atoms with Crippen LogP contribution in [0.15, 0.2) is 11.3 Å². The van der Waals surface area contributed by atoms with Crippen LogP contribution < -0.4 is 0 Å². The first-order valence-corrected chi connectivity index (χ1v) is 6.90. The number of rotatable bonds is 1. The van der Waals surface area contributed by atoms with E-state index in [9.17, 15) is 0 Å². The van der Waals surface area contributed by atoms with Gasteiger partial charge in [0, 0.05) is 24.2 Å². The smallest absolute Gasteiger partial charge is 0.0352 e. The topological polar surface area (TPSA) is 3.24 Å². The molecule has 2 unspecified atom stereocenters. The molecule has 0 aromatic rings. The Morgan fingerprint density at radius 2 is 1.87 bits per heavy atom. The summed E-state index contributed by atoms with van der Waals surface area (Å²) in [7, 11) is 0. The summed E-state index contributed by atoms with van der Waals surface area (Å²) in [5.41, 5.74) is 3.66. The van der Waals surface area contributed by atoms with Crippen molar-refractivity contribution in [2.75, 3.05) is 6.54 Å². The Kier molecular flexibility index (Phi) is 2.50. The van der Waals surface area contributed by atoms with Crippen LogP contribution in [0.25, 0.3) is 0 Å². The first-order valence-electron chi connectivity index (χ1n) is 6.90. The summed E-state index contributed by atoms with van der Waals surface area (Å²) < 4.78 is 0. The lowest BCUT2D eigenvalue weighted by Gasteiger charge is -2.34. The number of nitrogens with zero attached hydrogens (tertiary/aromatic N) is 1. The van der Waals surface area contributed by atoms with Gasteiger partial charge in [0.2, 0.25) is 0 Å². The number of hydrogen-bond donors (Lipinski definition) is 0. The molecule has 0 amide bonds. The van der Waals surface area contributed by atoms with Crippen LogP contribution in [-0.4, -0.2) is 17.5 Å². The Morgan fingerprint density at radius 3 is 2.73 bits per heavy atom. The lowest BCUT2D eigenvalue weighted by molar-refractivity contribution is 0.193. The number of hydrogen-bond acceptors (Lipinski definition) is 1. The molecule has 1 fully saturated rings. The van der Waals surface area contributed by atoms with E-state index in [-0.39, 0.29) is 0 Å². The van der Waals surface area contributed by atoms with Gasteiger partial charge < -0.3 is 4.90 Å². The van der Waals surface area contributed by atoms with Gasteiger partial charge in [-0.25, -0.2) is 0 Å². The van der Waals surface area contributed by atoms with Crippen LogP contribution in [0.5, 0.6) is 0 Å². The Morgan fingerprint density at radius 1 is 1.07 bits per heavy atom. The quantitative estimate of drug-likeness (QED) is 0.631. The highest BCUT2D eigenvalue weighted by Crippen LogP contribution is 2.47. The minimum absolute atomic E-state index is 0.909. The molecule has 0 spiro atoms. The highest BCUT2D eigenvalue weighted by Gasteiger charge is 2.40. The third-order valence-electron chi connectivity index (χ3n) is 4.75. The van der Waals surface area contributed by atoms with E-state index >= 15 is 0 Å². The predicted octanol–water partition coefficient (Wildman–Crippen LogP) is 3.71.